The van der Waals surface area contributed by atoms with Crippen LogP contribution in [0.15, 0.2) is 18.3 Å². The van der Waals surface area contributed by atoms with Crippen molar-refractivity contribution in [3.05, 3.63) is 18.3 Å². The second-order valence-corrected chi connectivity index (χ2v) is 4.37. The van der Waals surface area contributed by atoms with Gasteiger partial charge in [-0.3, -0.25) is 0 Å². The molecule has 1 atom stereocenters. The number of rotatable bonds is 6. The van der Waals surface area contributed by atoms with E-state index in [2.05, 4.69) is 16.8 Å². The number of hydrogen-bond donors (Lipinski definition) is 1. The third kappa shape index (κ3) is 3.85. The lowest BCUT2D eigenvalue weighted by Crippen LogP contribution is -2.34. The lowest BCUT2D eigenvalue weighted by Gasteiger charge is -2.25. The predicted molar refractivity (Wildman–Crippen MR) is 74.6 cm³/mol. The van der Waals surface area contributed by atoms with Gasteiger partial charge in [-0.2, -0.15) is 0 Å². The summed E-state index contributed by atoms with van der Waals surface area (Å²) in [5, 5.41) is 0. The van der Waals surface area contributed by atoms with Gasteiger partial charge in [0, 0.05) is 19.0 Å². The van der Waals surface area contributed by atoms with Crippen molar-refractivity contribution in [1.29, 1.82) is 0 Å². The quantitative estimate of drug-likeness (QED) is 0.784. The van der Waals surface area contributed by atoms with Crippen LogP contribution in [-0.4, -0.2) is 30.2 Å². The molecule has 17 heavy (non-hydrogen) atoms. The Morgan fingerprint density at radius 2 is 2.29 bits per heavy atom. The molecule has 1 aromatic rings. The average Bonchev–Trinajstić information content (AvgIpc) is 2.35. The summed E-state index contributed by atoms with van der Waals surface area (Å²) in [4.78, 5) is 7.03. The molecule has 0 aliphatic rings. The van der Waals surface area contributed by atoms with Crippen LogP contribution in [0.1, 0.15) is 13.8 Å². The normalized spacial score (nSPS) is 11.9. The second-order valence-electron chi connectivity index (χ2n) is 3.90. The zero-order chi connectivity index (χ0) is 12.8. The van der Waals surface area contributed by atoms with Crippen LogP contribution < -0.4 is 15.4 Å². The fourth-order valence-electron chi connectivity index (χ4n) is 1.49. The standard InChI is InChI=1S/C12H19N3OS/c1-4-15(8-9(2)12(13)17)11-6-5-10(16-3)7-14-11/h5-7,9H,4,8H2,1-3H3,(H2,13,17). The van der Waals surface area contributed by atoms with Crippen LogP contribution >= 0.6 is 12.2 Å². The van der Waals surface area contributed by atoms with Crippen LogP contribution in [0.5, 0.6) is 5.75 Å². The van der Waals surface area contributed by atoms with E-state index in [0.717, 1.165) is 24.7 Å². The molecule has 0 amide bonds. The van der Waals surface area contributed by atoms with Crippen molar-refractivity contribution < 1.29 is 4.74 Å². The molecular formula is C12H19N3OS. The summed E-state index contributed by atoms with van der Waals surface area (Å²) in [6, 6.07) is 3.84. The van der Waals surface area contributed by atoms with Crippen molar-refractivity contribution in [2.24, 2.45) is 11.7 Å². The maximum atomic E-state index is 5.63. The fourth-order valence-corrected chi connectivity index (χ4v) is 1.56. The van der Waals surface area contributed by atoms with Crippen molar-refractivity contribution >= 4 is 23.0 Å². The molecule has 0 radical (unpaired) electrons. The van der Waals surface area contributed by atoms with Crippen molar-refractivity contribution in [2.45, 2.75) is 13.8 Å². The highest BCUT2D eigenvalue weighted by Gasteiger charge is 2.12. The third-order valence-electron chi connectivity index (χ3n) is 2.64. The highest BCUT2D eigenvalue weighted by atomic mass is 32.1. The van der Waals surface area contributed by atoms with Crippen LogP contribution in [0.2, 0.25) is 0 Å². The summed E-state index contributed by atoms with van der Waals surface area (Å²) in [5.41, 5.74) is 5.63. The monoisotopic (exact) mass is 253 g/mol. The molecule has 1 rings (SSSR count). The molecule has 1 aromatic heterocycles. The van der Waals surface area contributed by atoms with Gasteiger partial charge >= 0.3 is 0 Å². The van der Waals surface area contributed by atoms with Crippen molar-refractivity contribution in [2.75, 3.05) is 25.1 Å². The topological polar surface area (TPSA) is 51.4 Å². The predicted octanol–water partition coefficient (Wildman–Crippen LogP) is 1.84. The highest BCUT2D eigenvalue weighted by molar-refractivity contribution is 7.80. The number of ether oxygens (including phenoxy) is 1. The van der Waals surface area contributed by atoms with E-state index in [9.17, 15) is 0 Å². The van der Waals surface area contributed by atoms with E-state index in [4.69, 9.17) is 22.7 Å². The summed E-state index contributed by atoms with van der Waals surface area (Å²) in [7, 11) is 1.63. The molecular weight excluding hydrogens is 234 g/mol. The van der Waals surface area contributed by atoms with Crippen LogP contribution in [0.25, 0.3) is 0 Å². The minimum Gasteiger partial charge on any atom is -0.495 e. The number of nitrogens with two attached hydrogens (primary N) is 1. The molecule has 4 nitrogen and oxygen atoms in total. The summed E-state index contributed by atoms with van der Waals surface area (Å²) in [5.74, 6) is 1.84. The van der Waals surface area contributed by atoms with Gasteiger partial charge in [0.15, 0.2) is 0 Å². The van der Waals surface area contributed by atoms with Gasteiger partial charge in [-0.05, 0) is 19.1 Å². The lowest BCUT2D eigenvalue weighted by molar-refractivity contribution is 0.413. The smallest absolute Gasteiger partial charge is 0.137 e. The molecule has 0 aliphatic heterocycles. The maximum Gasteiger partial charge on any atom is 0.137 e. The van der Waals surface area contributed by atoms with E-state index in [-0.39, 0.29) is 5.92 Å². The molecule has 1 unspecified atom stereocenters. The van der Waals surface area contributed by atoms with Crippen LogP contribution in [0, 0.1) is 5.92 Å². The maximum absolute atomic E-state index is 5.63. The Bertz CT molecular complexity index is 367. The summed E-state index contributed by atoms with van der Waals surface area (Å²) < 4.78 is 5.08. The van der Waals surface area contributed by atoms with Crippen molar-refractivity contribution in [1.82, 2.24) is 4.98 Å². The average molecular weight is 253 g/mol. The van der Waals surface area contributed by atoms with E-state index < -0.39 is 0 Å². The van der Waals surface area contributed by atoms with Crippen LogP contribution in [-0.2, 0) is 0 Å². The summed E-state index contributed by atoms with van der Waals surface area (Å²) in [6.07, 6.45) is 1.71. The van der Waals surface area contributed by atoms with Gasteiger partial charge in [0.25, 0.3) is 0 Å². The first-order chi connectivity index (χ1) is 8.08. The first kappa shape index (κ1) is 13.7. The summed E-state index contributed by atoms with van der Waals surface area (Å²) >= 11 is 4.98. The van der Waals surface area contributed by atoms with Crippen LogP contribution in [0.3, 0.4) is 0 Å². The molecule has 2 N–H and O–H groups in total. The summed E-state index contributed by atoms with van der Waals surface area (Å²) in [6.45, 7) is 5.75. The van der Waals surface area contributed by atoms with Gasteiger partial charge in [-0.25, -0.2) is 4.98 Å². The van der Waals surface area contributed by atoms with E-state index in [1.54, 1.807) is 13.3 Å². The third-order valence-corrected chi connectivity index (χ3v) is 3.04. The molecule has 0 spiro atoms. The van der Waals surface area contributed by atoms with E-state index in [1.807, 2.05) is 19.1 Å². The van der Waals surface area contributed by atoms with Gasteiger partial charge in [-0.15, -0.1) is 0 Å². The Hall–Kier alpha value is -1.36. The molecule has 0 saturated heterocycles. The highest BCUT2D eigenvalue weighted by Crippen LogP contribution is 2.16. The number of thiocarbonyl (C=S) groups is 1. The van der Waals surface area contributed by atoms with Crippen molar-refractivity contribution in [3.8, 4) is 5.75 Å². The van der Waals surface area contributed by atoms with Gasteiger partial charge < -0.3 is 15.4 Å². The minimum atomic E-state index is 0.175. The minimum absolute atomic E-state index is 0.175. The van der Waals surface area contributed by atoms with E-state index in [1.165, 1.54) is 0 Å². The van der Waals surface area contributed by atoms with E-state index in [0.29, 0.717) is 4.99 Å². The number of aromatic nitrogens is 1. The number of anilines is 1. The molecule has 0 saturated carbocycles. The molecule has 0 bridgehead atoms. The first-order valence-electron chi connectivity index (χ1n) is 5.62. The molecule has 0 aliphatic carbocycles. The Labute approximate surface area is 108 Å². The Morgan fingerprint density at radius 1 is 1.59 bits per heavy atom. The molecule has 94 valence electrons. The molecule has 0 aromatic carbocycles. The number of hydrogen-bond acceptors (Lipinski definition) is 4. The largest absolute Gasteiger partial charge is 0.495 e. The van der Waals surface area contributed by atoms with Crippen molar-refractivity contribution in [3.63, 3.8) is 0 Å². The number of nitrogens with zero attached hydrogens (tertiary/aromatic N) is 2. The Morgan fingerprint density at radius 3 is 2.71 bits per heavy atom. The number of pyridine rings is 1. The zero-order valence-corrected chi connectivity index (χ0v) is 11.3. The fraction of sp³-hybridized carbons (Fsp3) is 0.500. The SMILES string of the molecule is CCN(CC(C)C(N)=S)c1ccc(OC)cn1. The van der Waals surface area contributed by atoms with Gasteiger partial charge in [-0.1, -0.05) is 19.1 Å². The van der Waals surface area contributed by atoms with E-state index >= 15 is 0 Å². The molecule has 0 fully saturated rings. The lowest BCUT2D eigenvalue weighted by atomic mass is 10.1. The van der Waals surface area contributed by atoms with Gasteiger partial charge in [0.2, 0.25) is 0 Å². The Balaban J connectivity index is 2.75. The zero-order valence-electron chi connectivity index (χ0n) is 10.5. The van der Waals surface area contributed by atoms with Gasteiger partial charge in [0.05, 0.1) is 18.3 Å². The molecule has 5 heteroatoms. The second kappa shape index (κ2) is 6.39. The number of methoxy groups -OCH3 is 1. The van der Waals surface area contributed by atoms with Crippen LogP contribution in [0.4, 0.5) is 5.82 Å². The first-order valence-corrected chi connectivity index (χ1v) is 6.03. The van der Waals surface area contributed by atoms with Gasteiger partial charge in [0.1, 0.15) is 11.6 Å². The Kier molecular flexibility index (Phi) is 5.15. The molecule has 1 heterocycles.